The van der Waals surface area contributed by atoms with Crippen LogP contribution in [0.4, 0.5) is 0 Å². The highest BCUT2D eigenvalue weighted by molar-refractivity contribution is 5.19. The van der Waals surface area contributed by atoms with Gasteiger partial charge in [0.05, 0.1) is 0 Å². The van der Waals surface area contributed by atoms with Gasteiger partial charge < -0.3 is 11.5 Å². The van der Waals surface area contributed by atoms with Crippen LogP contribution in [-0.2, 0) is 0 Å². The molecule has 0 fully saturated rings. The minimum atomic E-state index is 0.0984. The Labute approximate surface area is 155 Å². The summed E-state index contributed by atoms with van der Waals surface area (Å²) in [6.45, 7) is 5.32. The number of benzene rings is 1. The first-order chi connectivity index (χ1) is 12.2. The number of rotatable bonds is 13. The monoisotopic (exact) mass is 342 g/mol. The molecule has 140 valence electrons. The molecule has 0 saturated heterocycles. The SMILES string of the molecule is CCCCC(CC)(CN)C/C=C/CC/C=C/CC(N)c1ccccc1. The van der Waals surface area contributed by atoms with E-state index in [1.807, 2.05) is 18.2 Å². The maximum absolute atomic E-state index is 6.20. The quantitative estimate of drug-likeness (QED) is 0.346. The van der Waals surface area contributed by atoms with Gasteiger partial charge in [-0.2, -0.15) is 0 Å². The average Bonchev–Trinajstić information content (AvgIpc) is 2.67. The van der Waals surface area contributed by atoms with Gasteiger partial charge in [0.1, 0.15) is 0 Å². The van der Waals surface area contributed by atoms with Crippen molar-refractivity contribution in [3.8, 4) is 0 Å². The molecule has 2 heteroatoms. The van der Waals surface area contributed by atoms with Gasteiger partial charge in [-0.3, -0.25) is 0 Å². The first kappa shape index (κ1) is 21.7. The minimum Gasteiger partial charge on any atom is -0.330 e. The second-order valence-electron chi connectivity index (χ2n) is 7.14. The third-order valence-corrected chi connectivity index (χ3v) is 5.25. The van der Waals surface area contributed by atoms with Crippen molar-refractivity contribution in [1.82, 2.24) is 0 Å². The summed E-state index contributed by atoms with van der Waals surface area (Å²) in [5.74, 6) is 0. The molecule has 25 heavy (non-hydrogen) atoms. The van der Waals surface area contributed by atoms with Crippen LogP contribution in [0.3, 0.4) is 0 Å². The summed E-state index contributed by atoms with van der Waals surface area (Å²) in [6, 6.07) is 10.4. The molecule has 2 nitrogen and oxygen atoms in total. The van der Waals surface area contributed by atoms with Crippen LogP contribution in [0.15, 0.2) is 54.6 Å². The summed E-state index contributed by atoms with van der Waals surface area (Å²) in [4.78, 5) is 0. The molecule has 0 amide bonds. The molecule has 1 aromatic rings. The molecule has 0 aromatic heterocycles. The van der Waals surface area contributed by atoms with Crippen LogP contribution in [0.25, 0.3) is 0 Å². The van der Waals surface area contributed by atoms with Crippen LogP contribution >= 0.6 is 0 Å². The third kappa shape index (κ3) is 8.51. The molecule has 0 saturated carbocycles. The van der Waals surface area contributed by atoms with E-state index in [0.29, 0.717) is 5.41 Å². The molecule has 0 heterocycles. The fraction of sp³-hybridized carbons (Fsp3) is 0.565. The van der Waals surface area contributed by atoms with E-state index >= 15 is 0 Å². The lowest BCUT2D eigenvalue weighted by atomic mass is 9.77. The maximum Gasteiger partial charge on any atom is 0.0329 e. The molecule has 2 atom stereocenters. The molecule has 0 aliphatic rings. The summed E-state index contributed by atoms with van der Waals surface area (Å²) in [5, 5.41) is 0. The fourth-order valence-electron chi connectivity index (χ4n) is 3.15. The van der Waals surface area contributed by atoms with E-state index in [9.17, 15) is 0 Å². The lowest BCUT2D eigenvalue weighted by Gasteiger charge is -2.30. The average molecular weight is 343 g/mol. The summed E-state index contributed by atoms with van der Waals surface area (Å²) < 4.78 is 0. The van der Waals surface area contributed by atoms with E-state index in [2.05, 4.69) is 50.3 Å². The van der Waals surface area contributed by atoms with Crippen molar-refractivity contribution < 1.29 is 0 Å². The van der Waals surface area contributed by atoms with Crippen molar-refractivity contribution in [3.05, 3.63) is 60.2 Å². The maximum atomic E-state index is 6.20. The van der Waals surface area contributed by atoms with E-state index in [1.165, 1.54) is 31.2 Å². The van der Waals surface area contributed by atoms with Gasteiger partial charge in [0.25, 0.3) is 0 Å². The predicted octanol–water partition coefficient (Wildman–Crippen LogP) is 5.90. The van der Waals surface area contributed by atoms with Crippen LogP contribution in [0.2, 0.25) is 0 Å². The van der Waals surface area contributed by atoms with Gasteiger partial charge in [-0.1, -0.05) is 81.3 Å². The van der Waals surface area contributed by atoms with Crippen molar-refractivity contribution in [2.45, 2.75) is 71.3 Å². The predicted molar refractivity (Wildman–Crippen MR) is 111 cm³/mol. The second-order valence-corrected chi connectivity index (χ2v) is 7.14. The van der Waals surface area contributed by atoms with Crippen molar-refractivity contribution in [2.24, 2.45) is 16.9 Å². The Kier molecular flexibility index (Phi) is 11.2. The van der Waals surface area contributed by atoms with Crippen molar-refractivity contribution in [3.63, 3.8) is 0 Å². The van der Waals surface area contributed by atoms with E-state index in [-0.39, 0.29) is 6.04 Å². The molecule has 1 aromatic carbocycles. The Morgan fingerprint density at radius 1 is 1.00 bits per heavy atom. The lowest BCUT2D eigenvalue weighted by Crippen LogP contribution is -2.29. The first-order valence-electron chi connectivity index (χ1n) is 9.98. The Hall–Kier alpha value is -1.38. The van der Waals surface area contributed by atoms with Crippen LogP contribution in [0.1, 0.15) is 76.8 Å². The standard InChI is InChI=1S/C23H38N2/c1-3-5-18-23(4-2,20-24)19-14-9-7-6-8-13-17-22(25)21-15-11-10-12-16-21/h8-16,22H,3-7,17-20,24-25H2,1-2H3/b13-8+,14-9+. The molecule has 1 rings (SSSR count). The number of unbranched alkanes of at least 4 members (excludes halogenated alkanes) is 2. The third-order valence-electron chi connectivity index (χ3n) is 5.25. The Morgan fingerprint density at radius 2 is 1.68 bits per heavy atom. The van der Waals surface area contributed by atoms with Gasteiger partial charge in [0.15, 0.2) is 0 Å². The molecule has 0 aliphatic carbocycles. The normalized spacial score (nSPS) is 15.7. The van der Waals surface area contributed by atoms with Gasteiger partial charge in [-0.15, -0.1) is 0 Å². The van der Waals surface area contributed by atoms with E-state index in [4.69, 9.17) is 11.5 Å². The summed E-state index contributed by atoms with van der Waals surface area (Å²) in [5.41, 5.74) is 13.8. The van der Waals surface area contributed by atoms with E-state index in [0.717, 1.165) is 32.2 Å². The zero-order valence-corrected chi connectivity index (χ0v) is 16.3. The number of hydrogen-bond donors (Lipinski definition) is 2. The lowest BCUT2D eigenvalue weighted by molar-refractivity contribution is 0.256. The fourth-order valence-corrected chi connectivity index (χ4v) is 3.15. The number of hydrogen-bond acceptors (Lipinski definition) is 2. The molecule has 0 aliphatic heterocycles. The highest BCUT2D eigenvalue weighted by atomic mass is 14.6. The van der Waals surface area contributed by atoms with E-state index < -0.39 is 0 Å². The van der Waals surface area contributed by atoms with Gasteiger partial charge >= 0.3 is 0 Å². The Morgan fingerprint density at radius 3 is 2.28 bits per heavy atom. The molecule has 0 bridgehead atoms. The van der Waals surface area contributed by atoms with Gasteiger partial charge in [-0.05, 0) is 56.0 Å². The van der Waals surface area contributed by atoms with Crippen LogP contribution in [0, 0.1) is 5.41 Å². The molecule has 4 N–H and O–H groups in total. The number of allylic oxidation sites excluding steroid dienone is 3. The molecule has 0 spiro atoms. The summed E-state index contributed by atoms with van der Waals surface area (Å²) in [7, 11) is 0. The highest BCUT2D eigenvalue weighted by Gasteiger charge is 2.23. The zero-order chi connectivity index (χ0) is 18.4. The zero-order valence-electron chi connectivity index (χ0n) is 16.3. The molecular weight excluding hydrogens is 304 g/mol. The van der Waals surface area contributed by atoms with Gasteiger partial charge in [-0.25, -0.2) is 0 Å². The van der Waals surface area contributed by atoms with E-state index in [1.54, 1.807) is 0 Å². The van der Waals surface area contributed by atoms with Gasteiger partial charge in [0, 0.05) is 6.04 Å². The van der Waals surface area contributed by atoms with Crippen LogP contribution < -0.4 is 11.5 Å². The molecular formula is C23H38N2. The van der Waals surface area contributed by atoms with Crippen LogP contribution in [0.5, 0.6) is 0 Å². The Balaban J connectivity index is 2.26. The van der Waals surface area contributed by atoms with Gasteiger partial charge in [0.2, 0.25) is 0 Å². The van der Waals surface area contributed by atoms with Crippen molar-refractivity contribution >= 4 is 0 Å². The topological polar surface area (TPSA) is 52.0 Å². The van der Waals surface area contributed by atoms with Crippen LogP contribution in [-0.4, -0.2) is 6.54 Å². The molecule has 0 radical (unpaired) electrons. The summed E-state index contributed by atoms with van der Waals surface area (Å²) in [6.07, 6.45) is 18.3. The van der Waals surface area contributed by atoms with Crippen molar-refractivity contribution in [2.75, 3.05) is 6.54 Å². The second kappa shape index (κ2) is 12.9. The number of nitrogens with two attached hydrogens (primary N) is 2. The largest absolute Gasteiger partial charge is 0.330 e. The first-order valence-corrected chi connectivity index (χ1v) is 9.98. The highest BCUT2D eigenvalue weighted by Crippen LogP contribution is 2.32. The minimum absolute atomic E-state index is 0.0984. The molecule has 2 unspecified atom stereocenters. The Bertz CT molecular complexity index is 486. The summed E-state index contributed by atoms with van der Waals surface area (Å²) >= 11 is 0. The van der Waals surface area contributed by atoms with Crippen molar-refractivity contribution in [1.29, 1.82) is 0 Å². The smallest absolute Gasteiger partial charge is 0.0329 e.